The molecule has 190 valence electrons. The number of aryl methyl sites for hydroxylation is 2. The molecule has 0 radical (unpaired) electrons. The molecule has 0 spiro atoms. The molecule has 0 fully saturated rings. The molecule has 6 aromatic rings. The van der Waals surface area contributed by atoms with Crippen LogP contribution in [0.2, 0.25) is 0 Å². The van der Waals surface area contributed by atoms with Crippen molar-refractivity contribution in [2.45, 2.75) is 34.6 Å². The summed E-state index contributed by atoms with van der Waals surface area (Å²) in [7, 11) is 0. The van der Waals surface area contributed by atoms with E-state index in [1.165, 1.54) is 45.6 Å². The van der Waals surface area contributed by atoms with E-state index in [0.717, 1.165) is 37.7 Å². The van der Waals surface area contributed by atoms with Crippen molar-refractivity contribution in [2.75, 3.05) is 19.8 Å². The summed E-state index contributed by atoms with van der Waals surface area (Å²) in [6.07, 6.45) is 0. The lowest BCUT2D eigenvalue weighted by atomic mass is 10.0. The molecule has 2 aromatic carbocycles. The number of carbonyl (C=O) groups excluding carboxylic acids is 1. The van der Waals surface area contributed by atoms with Crippen LogP contribution in [0.1, 0.15) is 40.2 Å². The maximum atomic E-state index is 12.4. The molecule has 0 amide bonds. The first kappa shape index (κ1) is 24.7. The molecule has 0 unspecified atom stereocenters. The van der Waals surface area contributed by atoms with E-state index in [9.17, 15) is 4.79 Å². The fourth-order valence-electron chi connectivity index (χ4n) is 4.84. The van der Waals surface area contributed by atoms with Gasteiger partial charge in [-0.1, -0.05) is 0 Å². The zero-order valence-electron chi connectivity index (χ0n) is 21.3. The highest BCUT2D eigenvalue weighted by atomic mass is 32.1. The quantitative estimate of drug-likeness (QED) is 0.180. The highest BCUT2D eigenvalue weighted by Gasteiger charge is 2.22. The van der Waals surface area contributed by atoms with Crippen LogP contribution in [0, 0.1) is 13.8 Å². The number of benzene rings is 2. The van der Waals surface area contributed by atoms with Gasteiger partial charge in [0.1, 0.15) is 16.4 Å². The van der Waals surface area contributed by atoms with Gasteiger partial charge >= 0.3 is 5.97 Å². The van der Waals surface area contributed by atoms with E-state index in [1.54, 1.807) is 34.0 Å². The minimum atomic E-state index is -0.247. The molecule has 0 aliphatic heterocycles. The summed E-state index contributed by atoms with van der Waals surface area (Å²) in [4.78, 5) is 17.9. The van der Waals surface area contributed by atoms with Crippen molar-refractivity contribution in [2.24, 2.45) is 0 Å². The summed E-state index contributed by atoms with van der Waals surface area (Å²) in [6.45, 7) is 11.8. The predicted octanol–water partition coefficient (Wildman–Crippen LogP) is 9.80. The molecule has 4 aromatic heterocycles. The summed E-state index contributed by atoms with van der Waals surface area (Å²) < 4.78 is 21.3. The Balaban J connectivity index is 1.58. The number of rotatable bonds is 7. The number of esters is 1. The van der Waals surface area contributed by atoms with E-state index in [0.29, 0.717) is 24.7 Å². The van der Waals surface area contributed by atoms with Crippen LogP contribution < -0.4 is 9.47 Å². The van der Waals surface area contributed by atoms with E-state index in [2.05, 4.69) is 38.1 Å². The highest BCUT2D eigenvalue weighted by Crippen LogP contribution is 2.50. The molecule has 0 bridgehead atoms. The van der Waals surface area contributed by atoms with Gasteiger partial charge in [-0.3, -0.25) is 0 Å². The first-order valence-electron chi connectivity index (χ1n) is 12.3. The van der Waals surface area contributed by atoms with Crippen LogP contribution >= 0.6 is 45.3 Å². The Hall–Kier alpha value is -2.65. The average Bonchev–Trinajstić information content (AvgIpc) is 3.63. The van der Waals surface area contributed by atoms with Crippen LogP contribution in [0.25, 0.3) is 50.8 Å². The van der Waals surface area contributed by atoms with E-state index in [1.807, 2.05) is 26.8 Å². The first-order valence-corrected chi connectivity index (χ1v) is 15.6. The second-order valence-electron chi connectivity index (χ2n) is 8.73. The molecule has 0 saturated carbocycles. The first-order chi connectivity index (χ1) is 17.9. The monoisotopic (exact) mass is 566 g/mol. The topological polar surface area (TPSA) is 44.8 Å². The lowest BCUT2D eigenvalue weighted by molar-refractivity contribution is 0.0532. The van der Waals surface area contributed by atoms with Crippen LogP contribution in [-0.2, 0) is 4.74 Å². The lowest BCUT2D eigenvalue weighted by Crippen LogP contribution is -2.01. The summed E-state index contributed by atoms with van der Waals surface area (Å²) in [5.41, 5.74) is 0. The van der Waals surface area contributed by atoms with Crippen molar-refractivity contribution in [3.05, 3.63) is 45.0 Å². The second kappa shape index (κ2) is 9.58. The summed E-state index contributed by atoms with van der Waals surface area (Å²) in [6, 6.07) is 11.0. The second-order valence-corrected chi connectivity index (χ2v) is 13.3. The van der Waals surface area contributed by atoms with Crippen molar-refractivity contribution in [1.29, 1.82) is 0 Å². The molecule has 0 aliphatic rings. The van der Waals surface area contributed by atoms with Gasteiger partial charge in [-0.2, -0.15) is 0 Å². The summed E-state index contributed by atoms with van der Waals surface area (Å²) in [5, 5.41) is 5.61. The van der Waals surface area contributed by atoms with E-state index in [4.69, 9.17) is 14.2 Å². The van der Waals surface area contributed by atoms with Crippen LogP contribution in [0.5, 0.6) is 11.5 Å². The number of hydrogen-bond acceptors (Lipinski definition) is 8. The standard InChI is InChI=1S/C29H26O4S4/c1-6-31-24-18-12-21-16(10-17(18)25(32-7-2)28-19(24)9-14(4)34-28)11-22(36-21)27-20-13-23(29(30)33-8-3)37-26(20)15(5)35-27/h9-13H,6-8H2,1-5H3. The van der Waals surface area contributed by atoms with Crippen LogP contribution in [-0.4, -0.2) is 25.8 Å². The van der Waals surface area contributed by atoms with E-state index in [-0.39, 0.29) is 5.97 Å². The fraction of sp³-hybridized carbons (Fsp3) is 0.276. The molecule has 0 aliphatic carbocycles. The number of fused-ring (bicyclic) bond motifs is 4. The van der Waals surface area contributed by atoms with Crippen molar-refractivity contribution in [3.8, 4) is 21.3 Å². The van der Waals surface area contributed by atoms with Gasteiger partial charge in [0.25, 0.3) is 0 Å². The summed E-state index contributed by atoms with van der Waals surface area (Å²) in [5.74, 6) is 1.63. The number of hydrogen-bond donors (Lipinski definition) is 0. The van der Waals surface area contributed by atoms with E-state index < -0.39 is 0 Å². The molecule has 0 atom stereocenters. The molecule has 4 heterocycles. The Morgan fingerprint density at radius 1 is 0.730 bits per heavy atom. The van der Waals surface area contributed by atoms with Crippen molar-refractivity contribution in [1.82, 2.24) is 0 Å². The van der Waals surface area contributed by atoms with Gasteiger partial charge in [0, 0.05) is 45.6 Å². The number of carbonyl (C=O) groups is 1. The third-order valence-corrected chi connectivity index (χ3v) is 11.1. The van der Waals surface area contributed by atoms with Crippen LogP contribution in [0.15, 0.2) is 30.3 Å². The van der Waals surface area contributed by atoms with Gasteiger partial charge in [0.05, 0.1) is 29.4 Å². The van der Waals surface area contributed by atoms with Crippen molar-refractivity contribution >= 4 is 92.3 Å². The SMILES string of the molecule is CCOC(=O)c1cc2c(-c3cc4cc5c(OCC)c6sc(C)cc6c(OCC)c5cc4s3)sc(C)c2s1. The van der Waals surface area contributed by atoms with Crippen LogP contribution in [0.3, 0.4) is 0 Å². The number of ether oxygens (including phenoxy) is 3. The third kappa shape index (κ3) is 4.02. The Morgan fingerprint density at radius 2 is 1.49 bits per heavy atom. The maximum absolute atomic E-state index is 12.4. The van der Waals surface area contributed by atoms with E-state index >= 15 is 0 Å². The predicted molar refractivity (Wildman–Crippen MR) is 161 cm³/mol. The highest BCUT2D eigenvalue weighted by molar-refractivity contribution is 7.30. The maximum Gasteiger partial charge on any atom is 0.348 e. The Morgan fingerprint density at radius 3 is 2.24 bits per heavy atom. The third-order valence-electron chi connectivity index (χ3n) is 6.28. The molecule has 0 saturated heterocycles. The molecular formula is C29H26O4S4. The number of thiophene rings is 4. The molecule has 37 heavy (non-hydrogen) atoms. The zero-order chi connectivity index (χ0) is 25.8. The van der Waals surface area contributed by atoms with Gasteiger partial charge in [0.2, 0.25) is 0 Å². The summed E-state index contributed by atoms with van der Waals surface area (Å²) >= 11 is 6.85. The van der Waals surface area contributed by atoms with Gasteiger partial charge in [-0.15, -0.1) is 45.3 Å². The molecule has 4 nitrogen and oxygen atoms in total. The molecular weight excluding hydrogens is 541 g/mol. The van der Waals surface area contributed by atoms with Crippen molar-refractivity contribution in [3.63, 3.8) is 0 Å². The molecule has 0 N–H and O–H groups in total. The minimum Gasteiger partial charge on any atom is -0.493 e. The fourth-order valence-corrected chi connectivity index (χ4v) is 9.36. The van der Waals surface area contributed by atoms with Gasteiger partial charge in [-0.05, 0) is 70.3 Å². The van der Waals surface area contributed by atoms with Crippen molar-refractivity contribution < 1.29 is 19.0 Å². The minimum absolute atomic E-state index is 0.247. The van der Waals surface area contributed by atoms with Gasteiger partial charge in [-0.25, -0.2) is 4.79 Å². The largest absolute Gasteiger partial charge is 0.493 e. The molecule has 8 heteroatoms. The van der Waals surface area contributed by atoms with Gasteiger partial charge in [0.15, 0.2) is 0 Å². The smallest absolute Gasteiger partial charge is 0.348 e. The Bertz CT molecular complexity index is 1730. The normalized spacial score (nSPS) is 11.8. The van der Waals surface area contributed by atoms with Crippen LogP contribution in [0.4, 0.5) is 0 Å². The van der Waals surface area contributed by atoms with Gasteiger partial charge < -0.3 is 14.2 Å². The molecule has 6 rings (SSSR count). The lowest BCUT2D eigenvalue weighted by Gasteiger charge is -2.14. The average molecular weight is 567 g/mol. The zero-order valence-corrected chi connectivity index (χ0v) is 24.5. The Labute approximate surface area is 231 Å². The Kier molecular flexibility index (Phi) is 6.39.